The van der Waals surface area contributed by atoms with Crippen molar-refractivity contribution < 1.29 is 5.11 Å². The highest BCUT2D eigenvalue weighted by Gasteiger charge is 2.31. The molecule has 24 heavy (non-hydrogen) atoms. The molecule has 4 heterocycles. The molecule has 3 aromatic rings. The topological polar surface area (TPSA) is 53.7 Å². The quantitative estimate of drug-likeness (QED) is 0.764. The van der Waals surface area contributed by atoms with Crippen LogP contribution in [-0.2, 0) is 6.42 Å². The minimum absolute atomic E-state index is 0.107. The molecule has 1 N–H and O–H groups in total. The van der Waals surface area contributed by atoms with Crippen LogP contribution in [0.25, 0.3) is 4.96 Å². The van der Waals surface area contributed by atoms with Gasteiger partial charge in [-0.2, -0.15) is 4.52 Å². The first-order chi connectivity index (χ1) is 11.7. The van der Waals surface area contributed by atoms with Gasteiger partial charge in [-0.15, -0.1) is 16.4 Å². The maximum absolute atomic E-state index is 10.8. The van der Waals surface area contributed by atoms with Crippen molar-refractivity contribution in [1.29, 1.82) is 0 Å². The van der Waals surface area contributed by atoms with Gasteiger partial charge in [-0.3, -0.25) is 4.90 Å². The van der Waals surface area contributed by atoms with E-state index in [1.807, 2.05) is 6.92 Å². The molecule has 128 valence electrons. The molecule has 1 saturated heterocycles. The lowest BCUT2D eigenvalue weighted by Crippen LogP contribution is -2.36. The van der Waals surface area contributed by atoms with Gasteiger partial charge in [0.25, 0.3) is 0 Å². The van der Waals surface area contributed by atoms with E-state index >= 15 is 0 Å². The van der Waals surface area contributed by atoms with Gasteiger partial charge in [0.15, 0.2) is 5.82 Å². The molecule has 5 nitrogen and oxygen atoms in total. The number of aromatic nitrogens is 3. The van der Waals surface area contributed by atoms with Crippen molar-refractivity contribution in [3.05, 3.63) is 33.1 Å². The minimum atomic E-state index is 0.107. The summed E-state index contributed by atoms with van der Waals surface area (Å²) < 4.78 is 1.60. The molecule has 0 unspecified atom stereocenters. The summed E-state index contributed by atoms with van der Waals surface area (Å²) in [5.41, 5.74) is 0. The monoisotopic (exact) mass is 362 g/mol. The number of aromatic hydroxyl groups is 1. The van der Waals surface area contributed by atoms with E-state index in [4.69, 9.17) is 0 Å². The van der Waals surface area contributed by atoms with Crippen LogP contribution in [0.15, 0.2) is 17.5 Å². The lowest BCUT2D eigenvalue weighted by Gasteiger charge is -2.35. The minimum Gasteiger partial charge on any atom is -0.492 e. The average Bonchev–Trinajstić information content (AvgIpc) is 3.29. The summed E-state index contributed by atoms with van der Waals surface area (Å²) in [6.07, 6.45) is 3.20. The second-order valence-electron chi connectivity index (χ2n) is 6.50. The fraction of sp³-hybridized carbons (Fsp3) is 0.529. The van der Waals surface area contributed by atoms with E-state index in [0.717, 1.165) is 41.1 Å². The Morgan fingerprint density at radius 1 is 1.38 bits per heavy atom. The maximum Gasteiger partial charge on any atom is 0.230 e. The van der Waals surface area contributed by atoms with E-state index < -0.39 is 0 Å². The fourth-order valence-electron chi connectivity index (χ4n) is 3.33. The van der Waals surface area contributed by atoms with Crippen LogP contribution in [0.5, 0.6) is 5.88 Å². The fourth-order valence-corrected chi connectivity index (χ4v) is 5.40. The summed E-state index contributed by atoms with van der Waals surface area (Å²) in [5.74, 6) is 1.81. The lowest BCUT2D eigenvalue weighted by atomic mass is 9.97. The number of rotatable bonds is 4. The molecule has 0 saturated carbocycles. The molecule has 1 aliphatic heterocycles. The number of nitrogens with zero attached hydrogens (tertiary/aromatic N) is 4. The Hall–Kier alpha value is -1.44. The first kappa shape index (κ1) is 16.1. The van der Waals surface area contributed by atoms with Crippen LogP contribution >= 0.6 is 22.7 Å². The molecule has 0 aromatic carbocycles. The Balaban J connectivity index is 1.76. The van der Waals surface area contributed by atoms with Crippen LogP contribution in [0.4, 0.5) is 0 Å². The maximum atomic E-state index is 10.8. The highest BCUT2D eigenvalue weighted by molar-refractivity contribution is 7.17. The normalized spacial score (nSPS) is 18.4. The van der Waals surface area contributed by atoms with Gasteiger partial charge in [0.05, 0.1) is 10.9 Å². The molecule has 0 amide bonds. The number of fused-ring (bicyclic) bond motifs is 1. The van der Waals surface area contributed by atoms with Crippen LogP contribution in [0.2, 0.25) is 0 Å². The molecule has 0 aliphatic carbocycles. The zero-order chi connectivity index (χ0) is 16.7. The molecule has 0 spiro atoms. The first-order valence-electron chi connectivity index (χ1n) is 8.52. The summed E-state index contributed by atoms with van der Waals surface area (Å²) in [4.78, 5) is 10.1. The lowest BCUT2D eigenvalue weighted by molar-refractivity contribution is 0.159. The smallest absolute Gasteiger partial charge is 0.230 e. The number of likely N-dealkylation sites (tertiary alicyclic amines) is 1. The third-order valence-corrected chi connectivity index (χ3v) is 6.80. The van der Waals surface area contributed by atoms with E-state index in [0.29, 0.717) is 0 Å². The van der Waals surface area contributed by atoms with Crippen molar-refractivity contribution in [3.63, 3.8) is 0 Å². The Bertz CT molecular complexity index is 815. The first-order valence-corrected chi connectivity index (χ1v) is 10.2. The van der Waals surface area contributed by atoms with Gasteiger partial charge in [-0.25, -0.2) is 4.98 Å². The number of piperidine rings is 1. The zero-order valence-corrected chi connectivity index (χ0v) is 15.6. The average molecular weight is 363 g/mol. The third kappa shape index (κ3) is 2.74. The number of thiazole rings is 1. The second-order valence-corrected chi connectivity index (χ2v) is 8.49. The number of aryl methyl sites for hydroxylation is 1. The van der Waals surface area contributed by atoms with E-state index in [2.05, 4.69) is 39.4 Å². The van der Waals surface area contributed by atoms with Gasteiger partial charge in [-0.1, -0.05) is 31.3 Å². The largest absolute Gasteiger partial charge is 0.492 e. The van der Waals surface area contributed by atoms with E-state index in [1.54, 1.807) is 27.2 Å². The second kappa shape index (κ2) is 6.46. The van der Waals surface area contributed by atoms with Crippen molar-refractivity contribution in [2.75, 3.05) is 13.1 Å². The molecule has 1 atom stereocenters. The standard InChI is InChI=1S/C17H22N4OS2/c1-3-13-18-17-21(19-13)16(22)15(24-17)14(12-5-4-10-23-12)20-8-6-11(2)7-9-20/h4-5,10-11,14,22H,3,6-9H2,1-2H3/t14-/m0/s1. The van der Waals surface area contributed by atoms with Crippen LogP contribution < -0.4 is 0 Å². The van der Waals surface area contributed by atoms with Crippen LogP contribution in [-0.4, -0.2) is 37.7 Å². The predicted octanol–water partition coefficient (Wildman–Crippen LogP) is 3.94. The summed E-state index contributed by atoms with van der Waals surface area (Å²) in [6.45, 7) is 6.49. The molecule has 0 radical (unpaired) electrons. The van der Waals surface area contributed by atoms with Crippen molar-refractivity contribution in [2.24, 2.45) is 5.92 Å². The Kier molecular flexibility index (Phi) is 4.32. The number of hydrogen-bond donors (Lipinski definition) is 1. The SMILES string of the molecule is CCc1nc2sc([C@H](c3cccs3)N3CCC(C)CC3)c(O)n2n1. The summed E-state index contributed by atoms with van der Waals surface area (Å²) in [5, 5.41) is 17.3. The molecular weight excluding hydrogens is 340 g/mol. The molecule has 1 aliphatic rings. The van der Waals surface area contributed by atoms with Gasteiger partial charge in [-0.05, 0) is 43.3 Å². The van der Waals surface area contributed by atoms with Crippen molar-refractivity contribution in [3.8, 4) is 5.88 Å². The Morgan fingerprint density at radius 3 is 2.79 bits per heavy atom. The van der Waals surface area contributed by atoms with E-state index in [1.165, 1.54) is 17.7 Å². The molecule has 1 fully saturated rings. The van der Waals surface area contributed by atoms with Gasteiger partial charge >= 0.3 is 0 Å². The Morgan fingerprint density at radius 2 is 2.17 bits per heavy atom. The van der Waals surface area contributed by atoms with Gasteiger partial charge < -0.3 is 5.11 Å². The van der Waals surface area contributed by atoms with E-state index in [9.17, 15) is 5.11 Å². The van der Waals surface area contributed by atoms with Crippen molar-refractivity contribution in [1.82, 2.24) is 19.5 Å². The summed E-state index contributed by atoms with van der Waals surface area (Å²) in [6, 6.07) is 4.36. The van der Waals surface area contributed by atoms with Crippen LogP contribution in [0, 0.1) is 5.92 Å². The van der Waals surface area contributed by atoms with Crippen molar-refractivity contribution >= 4 is 27.6 Å². The van der Waals surface area contributed by atoms with E-state index in [-0.39, 0.29) is 11.9 Å². The highest BCUT2D eigenvalue weighted by Crippen LogP contribution is 2.42. The van der Waals surface area contributed by atoms with Gasteiger partial charge in [0, 0.05) is 11.3 Å². The number of hydrogen-bond acceptors (Lipinski definition) is 6. The van der Waals surface area contributed by atoms with Crippen molar-refractivity contribution in [2.45, 2.75) is 39.2 Å². The zero-order valence-electron chi connectivity index (χ0n) is 14.0. The van der Waals surface area contributed by atoms with Crippen LogP contribution in [0.1, 0.15) is 48.3 Å². The van der Waals surface area contributed by atoms with Crippen LogP contribution in [0.3, 0.4) is 0 Å². The molecule has 3 aromatic heterocycles. The molecule has 7 heteroatoms. The number of thiophene rings is 1. The van der Waals surface area contributed by atoms with Gasteiger partial charge in [0.2, 0.25) is 10.8 Å². The Labute approximate surface area is 149 Å². The summed E-state index contributed by atoms with van der Waals surface area (Å²) in [7, 11) is 0. The predicted molar refractivity (Wildman–Crippen MR) is 98.0 cm³/mol. The highest BCUT2D eigenvalue weighted by atomic mass is 32.1. The summed E-state index contributed by atoms with van der Waals surface area (Å²) >= 11 is 3.32. The van der Waals surface area contributed by atoms with Gasteiger partial charge in [0.1, 0.15) is 0 Å². The molecule has 4 rings (SSSR count). The molecule has 0 bridgehead atoms. The third-order valence-electron chi connectivity index (χ3n) is 4.80. The molecular formula is C17H22N4OS2.